The Hall–Kier alpha value is -0.810. The van der Waals surface area contributed by atoms with Gasteiger partial charge in [0.2, 0.25) is 0 Å². The number of hydrogen-bond donors (Lipinski definition) is 2. The lowest BCUT2D eigenvalue weighted by atomic mass is 9.93. The standard InChI is InChI=1S/C18H39N5/c1-9-19-17(20-12-18(5,6)13-22(7)8)21-16-11-23(14(2)3)10-15(16)4/h14-16H,9-13H2,1-8H3,(H2,19,20,21). The summed E-state index contributed by atoms with van der Waals surface area (Å²) in [6, 6.07) is 1.09. The third-order valence-electron chi connectivity index (χ3n) is 4.45. The van der Waals surface area contributed by atoms with E-state index in [1.165, 1.54) is 6.54 Å². The molecule has 0 aromatic heterocycles. The Morgan fingerprint density at radius 2 is 1.96 bits per heavy atom. The fourth-order valence-corrected chi connectivity index (χ4v) is 3.31. The maximum absolute atomic E-state index is 4.86. The zero-order chi connectivity index (χ0) is 17.6. The Balaban J connectivity index is 2.66. The number of nitrogens with zero attached hydrogens (tertiary/aromatic N) is 3. The minimum atomic E-state index is 0.178. The molecule has 136 valence electrons. The van der Waals surface area contributed by atoms with Crippen molar-refractivity contribution in [1.29, 1.82) is 0 Å². The molecule has 1 aliphatic rings. The van der Waals surface area contributed by atoms with Crippen molar-refractivity contribution in [2.75, 3.05) is 46.8 Å². The lowest BCUT2D eigenvalue weighted by Gasteiger charge is -2.27. The van der Waals surface area contributed by atoms with Gasteiger partial charge < -0.3 is 15.5 Å². The predicted octanol–water partition coefficient (Wildman–Crippen LogP) is 1.86. The van der Waals surface area contributed by atoms with E-state index in [9.17, 15) is 0 Å². The molecule has 1 fully saturated rings. The summed E-state index contributed by atoms with van der Waals surface area (Å²) < 4.78 is 0. The van der Waals surface area contributed by atoms with Crippen LogP contribution in [0.25, 0.3) is 0 Å². The number of likely N-dealkylation sites (tertiary alicyclic amines) is 1. The summed E-state index contributed by atoms with van der Waals surface area (Å²) >= 11 is 0. The van der Waals surface area contributed by atoms with E-state index >= 15 is 0 Å². The Labute approximate surface area is 143 Å². The van der Waals surface area contributed by atoms with Gasteiger partial charge in [-0.25, -0.2) is 0 Å². The van der Waals surface area contributed by atoms with E-state index < -0.39 is 0 Å². The van der Waals surface area contributed by atoms with E-state index in [1.807, 2.05) is 0 Å². The molecule has 0 aromatic rings. The SMILES string of the molecule is CCNC(=NCC(C)(C)CN(C)C)NC1CN(C(C)C)CC1C. The van der Waals surface area contributed by atoms with Crippen LogP contribution in [0.15, 0.2) is 4.99 Å². The van der Waals surface area contributed by atoms with Gasteiger partial charge in [0.1, 0.15) is 0 Å². The fraction of sp³-hybridized carbons (Fsp3) is 0.944. The first kappa shape index (κ1) is 20.2. The lowest BCUT2D eigenvalue weighted by Crippen LogP contribution is -2.47. The highest BCUT2D eigenvalue weighted by Gasteiger charge is 2.31. The maximum atomic E-state index is 4.86. The van der Waals surface area contributed by atoms with Crippen molar-refractivity contribution in [3.63, 3.8) is 0 Å². The molecule has 0 aliphatic carbocycles. The van der Waals surface area contributed by atoms with Crippen molar-refractivity contribution < 1.29 is 0 Å². The normalized spacial score (nSPS) is 23.8. The fourth-order valence-electron chi connectivity index (χ4n) is 3.31. The van der Waals surface area contributed by atoms with Crippen LogP contribution in [0.5, 0.6) is 0 Å². The van der Waals surface area contributed by atoms with E-state index in [0.717, 1.165) is 32.1 Å². The smallest absolute Gasteiger partial charge is 0.191 e. The highest BCUT2D eigenvalue weighted by molar-refractivity contribution is 5.80. The molecule has 5 heteroatoms. The summed E-state index contributed by atoms with van der Waals surface area (Å²) in [4.78, 5) is 9.63. The molecule has 23 heavy (non-hydrogen) atoms. The Kier molecular flexibility index (Phi) is 7.81. The van der Waals surface area contributed by atoms with E-state index in [2.05, 4.69) is 76.1 Å². The number of aliphatic imine (C=N–C) groups is 1. The van der Waals surface area contributed by atoms with Gasteiger partial charge in [-0.15, -0.1) is 0 Å². The van der Waals surface area contributed by atoms with E-state index in [0.29, 0.717) is 18.0 Å². The van der Waals surface area contributed by atoms with Gasteiger partial charge in [-0.2, -0.15) is 0 Å². The van der Waals surface area contributed by atoms with E-state index in [-0.39, 0.29) is 5.41 Å². The van der Waals surface area contributed by atoms with Crippen molar-refractivity contribution >= 4 is 5.96 Å². The molecule has 2 unspecified atom stereocenters. The minimum Gasteiger partial charge on any atom is -0.357 e. The average Bonchev–Trinajstić information content (AvgIpc) is 2.77. The summed E-state index contributed by atoms with van der Waals surface area (Å²) in [6.07, 6.45) is 0. The second-order valence-corrected chi connectivity index (χ2v) is 8.37. The molecule has 0 saturated carbocycles. The van der Waals surface area contributed by atoms with Gasteiger partial charge in [-0.1, -0.05) is 20.8 Å². The van der Waals surface area contributed by atoms with Crippen LogP contribution in [0.4, 0.5) is 0 Å². The zero-order valence-corrected chi connectivity index (χ0v) is 16.6. The summed E-state index contributed by atoms with van der Waals surface area (Å²) in [5.74, 6) is 1.61. The molecule has 1 heterocycles. The summed E-state index contributed by atoms with van der Waals surface area (Å²) in [5.41, 5.74) is 0.178. The molecule has 1 aliphatic heterocycles. The Morgan fingerprint density at radius 3 is 2.43 bits per heavy atom. The molecule has 0 radical (unpaired) electrons. The highest BCUT2D eigenvalue weighted by Crippen LogP contribution is 2.19. The highest BCUT2D eigenvalue weighted by atomic mass is 15.3. The van der Waals surface area contributed by atoms with Gasteiger partial charge in [0.25, 0.3) is 0 Å². The quantitative estimate of drug-likeness (QED) is 0.554. The van der Waals surface area contributed by atoms with Crippen LogP contribution in [0.3, 0.4) is 0 Å². The minimum absolute atomic E-state index is 0.178. The molecular formula is C18H39N5. The lowest BCUT2D eigenvalue weighted by molar-refractivity contribution is 0.248. The van der Waals surface area contributed by atoms with Crippen molar-refractivity contribution in [3.05, 3.63) is 0 Å². The van der Waals surface area contributed by atoms with Gasteiger partial charge in [-0.05, 0) is 46.2 Å². The third-order valence-corrected chi connectivity index (χ3v) is 4.45. The first-order valence-electron chi connectivity index (χ1n) is 9.08. The van der Waals surface area contributed by atoms with Crippen LogP contribution in [-0.4, -0.2) is 74.7 Å². The van der Waals surface area contributed by atoms with Crippen molar-refractivity contribution in [1.82, 2.24) is 20.4 Å². The molecular weight excluding hydrogens is 286 g/mol. The molecule has 0 amide bonds. The largest absolute Gasteiger partial charge is 0.357 e. The van der Waals surface area contributed by atoms with Crippen LogP contribution < -0.4 is 10.6 Å². The molecule has 0 bridgehead atoms. The zero-order valence-electron chi connectivity index (χ0n) is 16.6. The van der Waals surface area contributed by atoms with Crippen molar-refractivity contribution in [2.45, 2.75) is 53.6 Å². The van der Waals surface area contributed by atoms with Gasteiger partial charge in [0.15, 0.2) is 5.96 Å². The number of rotatable bonds is 7. The maximum Gasteiger partial charge on any atom is 0.191 e. The van der Waals surface area contributed by atoms with Crippen LogP contribution in [-0.2, 0) is 0 Å². The molecule has 1 saturated heterocycles. The van der Waals surface area contributed by atoms with Gasteiger partial charge >= 0.3 is 0 Å². The molecule has 2 N–H and O–H groups in total. The third kappa shape index (κ3) is 7.08. The first-order chi connectivity index (χ1) is 10.6. The molecule has 1 rings (SSSR count). The number of guanidine groups is 1. The van der Waals surface area contributed by atoms with Gasteiger partial charge in [-0.3, -0.25) is 9.89 Å². The van der Waals surface area contributed by atoms with Crippen LogP contribution in [0, 0.1) is 11.3 Å². The van der Waals surface area contributed by atoms with Crippen molar-refractivity contribution in [3.8, 4) is 0 Å². The summed E-state index contributed by atoms with van der Waals surface area (Å²) in [7, 11) is 4.24. The average molecular weight is 326 g/mol. The molecule has 5 nitrogen and oxygen atoms in total. The Bertz CT molecular complexity index is 376. The predicted molar refractivity (Wildman–Crippen MR) is 101 cm³/mol. The van der Waals surface area contributed by atoms with Crippen LogP contribution in [0.1, 0.15) is 41.5 Å². The molecule has 0 spiro atoms. The second kappa shape index (κ2) is 8.88. The summed E-state index contributed by atoms with van der Waals surface area (Å²) in [6.45, 7) is 18.6. The summed E-state index contributed by atoms with van der Waals surface area (Å²) in [5, 5.41) is 7.07. The number of hydrogen-bond acceptors (Lipinski definition) is 3. The van der Waals surface area contributed by atoms with Crippen LogP contribution in [0.2, 0.25) is 0 Å². The van der Waals surface area contributed by atoms with E-state index in [4.69, 9.17) is 4.99 Å². The second-order valence-electron chi connectivity index (χ2n) is 8.37. The van der Waals surface area contributed by atoms with Gasteiger partial charge in [0.05, 0.1) is 0 Å². The first-order valence-corrected chi connectivity index (χ1v) is 9.08. The van der Waals surface area contributed by atoms with Gasteiger partial charge in [0, 0.05) is 44.8 Å². The molecule has 0 aromatic carbocycles. The Morgan fingerprint density at radius 1 is 1.30 bits per heavy atom. The molecule has 2 atom stereocenters. The number of nitrogens with one attached hydrogen (secondary N) is 2. The topological polar surface area (TPSA) is 42.9 Å². The van der Waals surface area contributed by atoms with E-state index in [1.54, 1.807) is 0 Å². The van der Waals surface area contributed by atoms with Crippen molar-refractivity contribution in [2.24, 2.45) is 16.3 Å². The monoisotopic (exact) mass is 325 g/mol. The van der Waals surface area contributed by atoms with Crippen LogP contribution >= 0.6 is 0 Å².